The van der Waals surface area contributed by atoms with E-state index in [1.165, 1.54) is 0 Å². The fourth-order valence-corrected chi connectivity index (χ4v) is 2.83. The summed E-state index contributed by atoms with van der Waals surface area (Å²) in [5, 5.41) is 2.84. The van der Waals surface area contributed by atoms with E-state index in [0.29, 0.717) is 31.8 Å². The highest BCUT2D eigenvalue weighted by molar-refractivity contribution is 5.90. The number of benzene rings is 1. The van der Waals surface area contributed by atoms with E-state index in [2.05, 4.69) is 19.2 Å². The van der Waals surface area contributed by atoms with Crippen molar-refractivity contribution in [2.45, 2.75) is 38.8 Å². The predicted molar refractivity (Wildman–Crippen MR) is 86.1 cm³/mol. The van der Waals surface area contributed by atoms with Gasteiger partial charge in [0.2, 0.25) is 11.8 Å². The predicted octanol–water partition coefficient (Wildman–Crippen LogP) is 0.930. The van der Waals surface area contributed by atoms with E-state index in [-0.39, 0.29) is 11.8 Å². The number of amides is 2. The maximum atomic E-state index is 12.7. The highest BCUT2D eigenvalue weighted by Crippen LogP contribution is 2.16. The lowest BCUT2D eigenvalue weighted by molar-refractivity contribution is -0.144. The SMILES string of the molecule is CC(C)C[C@H]1C(=O)NCCN1C(=O)[C@@H](N)Cc1ccccc1. The van der Waals surface area contributed by atoms with Gasteiger partial charge in [0, 0.05) is 13.1 Å². The van der Waals surface area contributed by atoms with Gasteiger partial charge >= 0.3 is 0 Å². The van der Waals surface area contributed by atoms with Gasteiger partial charge in [0.15, 0.2) is 0 Å². The first kappa shape index (κ1) is 16.5. The standard InChI is InChI=1S/C17H25N3O2/c1-12(2)10-15-16(21)19-8-9-20(15)17(22)14(18)11-13-6-4-3-5-7-13/h3-7,12,14-15H,8-11,18H2,1-2H3,(H,19,21)/t14-,15-/m0/s1. The van der Waals surface area contributed by atoms with Gasteiger partial charge in [-0.1, -0.05) is 44.2 Å². The van der Waals surface area contributed by atoms with Gasteiger partial charge in [-0.2, -0.15) is 0 Å². The Morgan fingerprint density at radius 2 is 2.05 bits per heavy atom. The van der Waals surface area contributed by atoms with Gasteiger partial charge in [0.05, 0.1) is 6.04 Å². The summed E-state index contributed by atoms with van der Waals surface area (Å²) in [5.41, 5.74) is 7.13. The quantitative estimate of drug-likeness (QED) is 0.849. The first-order chi connectivity index (χ1) is 10.5. The number of nitrogens with zero attached hydrogens (tertiary/aromatic N) is 1. The number of nitrogens with two attached hydrogens (primary N) is 1. The van der Waals surface area contributed by atoms with Gasteiger partial charge < -0.3 is 16.0 Å². The molecule has 0 bridgehead atoms. The number of carbonyl (C=O) groups excluding carboxylic acids is 2. The molecule has 2 atom stereocenters. The van der Waals surface area contributed by atoms with Crippen molar-refractivity contribution in [3.05, 3.63) is 35.9 Å². The van der Waals surface area contributed by atoms with Crippen LogP contribution in [-0.4, -0.2) is 41.9 Å². The van der Waals surface area contributed by atoms with Crippen LogP contribution in [0.2, 0.25) is 0 Å². The Balaban J connectivity index is 2.06. The smallest absolute Gasteiger partial charge is 0.242 e. The molecule has 5 nitrogen and oxygen atoms in total. The van der Waals surface area contributed by atoms with Crippen LogP contribution in [0.3, 0.4) is 0 Å². The average Bonchev–Trinajstić information content (AvgIpc) is 2.49. The summed E-state index contributed by atoms with van der Waals surface area (Å²) in [6.45, 7) is 5.13. The Labute approximate surface area is 131 Å². The number of piperazine rings is 1. The van der Waals surface area contributed by atoms with E-state index in [1.807, 2.05) is 30.3 Å². The molecule has 1 aliphatic heterocycles. The van der Waals surface area contributed by atoms with Crippen LogP contribution >= 0.6 is 0 Å². The highest BCUT2D eigenvalue weighted by Gasteiger charge is 2.35. The van der Waals surface area contributed by atoms with E-state index in [9.17, 15) is 9.59 Å². The molecule has 1 aliphatic rings. The van der Waals surface area contributed by atoms with Crippen molar-refractivity contribution >= 4 is 11.8 Å². The largest absolute Gasteiger partial charge is 0.353 e. The van der Waals surface area contributed by atoms with Gasteiger partial charge in [0.25, 0.3) is 0 Å². The van der Waals surface area contributed by atoms with Gasteiger partial charge in [-0.25, -0.2) is 0 Å². The molecule has 22 heavy (non-hydrogen) atoms. The lowest BCUT2D eigenvalue weighted by Gasteiger charge is -2.37. The van der Waals surface area contributed by atoms with Crippen molar-refractivity contribution in [2.75, 3.05) is 13.1 Å². The van der Waals surface area contributed by atoms with Crippen LogP contribution in [0, 0.1) is 5.92 Å². The van der Waals surface area contributed by atoms with Crippen LogP contribution in [0.1, 0.15) is 25.8 Å². The van der Waals surface area contributed by atoms with Crippen LogP contribution < -0.4 is 11.1 Å². The zero-order chi connectivity index (χ0) is 16.1. The molecule has 3 N–H and O–H groups in total. The molecule has 120 valence electrons. The molecule has 0 radical (unpaired) electrons. The summed E-state index contributed by atoms with van der Waals surface area (Å²) in [6.07, 6.45) is 1.15. The van der Waals surface area contributed by atoms with Crippen LogP contribution in [0.5, 0.6) is 0 Å². The molecule has 0 spiro atoms. The van der Waals surface area contributed by atoms with E-state index in [4.69, 9.17) is 5.73 Å². The van der Waals surface area contributed by atoms with Crippen LogP contribution in [0.15, 0.2) is 30.3 Å². The van der Waals surface area contributed by atoms with E-state index in [1.54, 1.807) is 4.90 Å². The summed E-state index contributed by atoms with van der Waals surface area (Å²) >= 11 is 0. The third kappa shape index (κ3) is 4.07. The number of carbonyl (C=O) groups is 2. The minimum absolute atomic E-state index is 0.0692. The van der Waals surface area contributed by atoms with Crippen molar-refractivity contribution in [2.24, 2.45) is 11.7 Å². The maximum absolute atomic E-state index is 12.7. The molecular formula is C17H25N3O2. The minimum Gasteiger partial charge on any atom is -0.353 e. The van der Waals surface area contributed by atoms with Crippen molar-refractivity contribution < 1.29 is 9.59 Å². The third-order valence-electron chi connectivity index (χ3n) is 3.92. The molecule has 1 aromatic carbocycles. The van der Waals surface area contributed by atoms with E-state index < -0.39 is 12.1 Å². The lowest BCUT2D eigenvalue weighted by Crippen LogP contribution is -2.60. The maximum Gasteiger partial charge on any atom is 0.242 e. The third-order valence-corrected chi connectivity index (χ3v) is 3.92. The first-order valence-electron chi connectivity index (χ1n) is 7.86. The Morgan fingerprint density at radius 3 is 2.68 bits per heavy atom. The zero-order valence-electron chi connectivity index (χ0n) is 13.3. The molecule has 1 saturated heterocycles. The fourth-order valence-electron chi connectivity index (χ4n) is 2.83. The number of nitrogens with one attached hydrogen (secondary N) is 1. The molecule has 5 heteroatoms. The number of hydrogen-bond donors (Lipinski definition) is 2. The van der Waals surface area contributed by atoms with Crippen LogP contribution in [0.25, 0.3) is 0 Å². The molecule has 1 aromatic rings. The second kappa shape index (κ2) is 7.40. The zero-order valence-corrected chi connectivity index (χ0v) is 13.3. The van der Waals surface area contributed by atoms with Gasteiger partial charge in [-0.3, -0.25) is 9.59 Å². The molecule has 0 aromatic heterocycles. The summed E-state index contributed by atoms with van der Waals surface area (Å²) in [6, 6.07) is 8.71. The van der Waals surface area contributed by atoms with Crippen molar-refractivity contribution in [1.29, 1.82) is 0 Å². The second-order valence-corrected chi connectivity index (χ2v) is 6.26. The topological polar surface area (TPSA) is 75.4 Å². The van der Waals surface area contributed by atoms with E-state index >= 15 is 0 Å². The lowest BCUT2D eigenvalue weighted by atomic mass is 9.98. The molecule has 1 fully saturated rings. The van der Waals surface area contributed by atoms with Crippen LogP contribution in [-0.2, 0) is 16.0 Å². The molecule has 1 heterocycles. The second-order valence-electron chi connectivity index (χ2n) is 6.26. The summed E-state index contributed by atoms with van der Waals surface area (Å²) in [5.74, 6) is 0.138. The Kier molecular flexibility index (Phi) is 5.55. The Bertz CT molecular complexity index is 516. The molecule has 0 saturated carbocycles. The van der Waals surface area contributed by atoms with Crippen molar-refractivity contribution in [3.8, 4) is 0 Å². The summed E-state index contributed by atoms with van der Waals surface area (Å²) in [4.78, 5) is 26.4. The number of hydrogen-bond acceptors (Lipinski definition) is 3. The normalized spacial score (nSPS) is 19.9. The molecule has 2 rings (SSSR count). The van der Waals surface area contributed by atoms with Crippen molar-refractivity contribution in [1.82, 2.24) is 10.2 Å². The monoisotopic (exact) mass is 303 g/mol. The fraction of sp³-hybridized carbons (Fsp3) is 0.529. The molecule has 2 amide bonds. The molecular weight excluding hydrogens is 278 g/mol. The molecule has 0 aliphatic carbocycles. The highest BCUT2D eigenvalue weighted by atomic mass is 16.2. The van der Waals surface area contributed by atoms with Gasteiger partial charge in [0.1, 0.15) is 6.04 Å². The van der Waals surface area contributed by atoms with Gasteiger partial charge in [-0.15, -0.1) is 0 Å². The first-order valence-corrected chi connectivity index (χ1v) is 7.86. The Hall–Kier alpha value is -1.88. The molecule has 0 unspecified atom stereocenters. The minimum atomic E-state index is -0.608. The average molecular weight is 303 g/mol. The Morgan fingerprint density at radius 1 is 1.36 bits per heavy atom. The summed E-state index contributed by atoms with van der Waals surface area (Å²) < 4.78 is 0. The van der Waals surface area contributed by atoms with Crippen LogP contribution in [0.4, 0.5) is 0 Å². The summed E-state index contributed by atoms with van der Waals surface area (Å²) in [7, 11) is 0. The van der Waals surface area contributed by atoms with E-state index in [0.717, 1.165) is 5.56 Å². The number of rotatable bonds is 5. The van der Waals surface area contributed by atoms with Gasteiger partial charge in [-0.05, 0) is 24.3 Å². The van der Waals surface area contributed by atoms with Crippen molar-refractivity contribution in [3.63, 3.8) is 0 Å².